The predicted octanol–water partition coefficient (Wildman–Crippen LogP) is 2.04. The van der Waals surface area contributed by atoms with E-state index in [1.54, 1.807) is 0 Å². The molecule has 11 heavy (non-hydrogen) atoms. The standard InChI is InChI=1S/C9H19O2/c1-3-6-10-8-5-9-11-7-4-2/h1,3-9H2,2H3. The van der Waals surface area contributed by atoms with Gasteiger partial charge in [0, 0.05) is 26.4 Å². The van der Waals surface area contributed by atoms with Crippen LogP contribution in [0.2, 0.25) is 0 Å². The Bertz CT molecular complexity index is 56.6. The molecule has 67 valence electrons. The summed E-state index contributed by atoms with van der Waals surface area (Å²) in [6, 6.07) is 0. The topological polar surface area (TPSA) is 18.5 Å². The van der Waals surface area contributed by atoms with E-state index in [0.29, 0.717) is 0 Å². The van der Waals surface area contributed by atoms with Crippen molar-refractivity contribution >= 4 is 0 Å². The molecule has 0 fully saturated rings. The molecule has 0 aliphatic rings. The van der Waals surface area contributed by atoms with Crippen LogP contribution < -0.4 is 0 Å². The van der Waals surface area contributed by atoms with E-state index in [4.69, 9.17) is 9.47 Å². The molecule has 0 aromatic rings. The molecular formula is C9H19O2. The van der Waals surface area contributed by atoms with Gasteiger partial charge in [0.15, 0.2) is 0 Å². The van der Waals surface area contributed by atoms with Crippen LogP contribution in [0.1, 0.15) is 26.2 Å². The molecule has 0 aliphatic heterocycles. The molecule has 0 atom stereocenters. The van der Waals surface area contributed by atoms with Crippen molar-refractivity contribution in [2.75, 3.05) is 26.4 Å². The van der Waals surface area contributed by atoms with E-state index in [1.165, 1.54) is 0 Å². The van der Waals surface area contributed by atoms with E-state index >= 15 is 0 Å². The smallest absolute Gasteiger partial charge is 0.0487 e. The summed E-state index contributed by atoms with van der Waals surface area (Å²) in [7, 11) is 0. The second kappa shape index (κ2) is 9.92. The molecule has 2 nitrogen and oxygen atoms in total. The highest BCUT2D eigenvalue weighted by atomic mass is 16.5. The van der Waals surface area contributed by atoms with Crippen LogP contribution in [0, 0.1) is 6.92 Å². The first-order valence-corrected chi connectivity index (χ1v) is 4.36. The summed E-state index contributed by atoms with van der Waals surface area (Å²) in [5.74, 6) is 0. The van der Waals surface area contributed by atoms with E-state index < -0.39 is 0 Å². The highest BCUT2D eigenvalue weighted by molar-refractivity contribution is 4.38. The van der Waals surface area contributed by atoms with Crippen LogP contribution in [0.15, 0.2) is 0 Å². The summed E-state index contributed by atoms with van der Waals surface area (Å²) in [4.78, 5) is 0. The Morgan fingerprint density at radius 3 is 2.18 bits per heavy atom. The van der Waals surface area contributed by atoms with Gasteiger partial charge >= 0.3 is 0 Å². The van der Waals surface area contributed by atoms with Crippen LogP contribution in [0.25, 0.3) is 0 Å². The molecule has 0 heterocycles. The van der Waals surface area contributed by atoms with Gasteiger partial charge in [-0.25, -0.2) is 0 Å². The molecule has 0 rings (SSSR count). The largest absolute Gasteiger partial charge is 0.381 e. The van der Waals surface area contributed by atoms with Crippen molar-refractivity contribution in [2.24, 2.45) is 0 Å². The van der Waals surface area contributed by atoms with Crippen LogP contribution in [0.4, 0.5) is 0 Å². The fourth-order valence-electron chi connectivity index (χ4n) is 0.714. The summed E-state index contributed by atoms with van der Waals surface area (Å²) in [5, 5.41) is 0. The SMILES string of the molecule is [CH2]CCOCCCOCCC. The summed E-state index contributed by atoms with van der Waals surface area (Å²) in [6.07, 6.45) is 2.95. The third-order valence-electron chi connectivity index (χ3n) is 1.21. The third-order valence-corrected chi connectivity index (χ3v) is 1.21. The average molecular weight is 159 g/mol. The van der Waals surface area contributed by atoms with Gasteiger partial charge in [0.1, 0.15) is 0 Å². The van der Waals surface area contributed by atoms with Gasteiger partial charge in [0.25, 0.3) is 0 Å². The van der Waals surface area contributed by atoms with Crippen molar-refractivity contribution in [2.45, 2.75) is 26.2 Å². The second-order valence-electron chi connectivity index (χ2n) is 2.43. The molecule has 0 aromatic carbocycles. The van der Waals surface area contributed by atoms with Crippen molar-refractivity contribution < 1.29 is 9.47 Å². The fourth-order valence-corrected chi connectivity index (χ4v) is 0.714. The molecule has 0 bridgehead atoms. The minimum Gasteiger partial charge on any atom is -0.381 e. The van der Waals surface area contributed by atoms with E-state index in [9.17, 15) is 0 Å². The molecule has 0 amide bonds. The van der Waals surface area contributed by atoms with E-state index in [1.807, 2.05) is 0 Å². The lowest BCUT2D eigenvalue weighted by Gasteiger charge is -2.02. The molecule has 0 aliphatic carbocycles. The number of hydrogen-bond acceptors (Lipinski definition) is 2. The quantitative estimate of drug-likeness (QED) is 0.505. The highest BCUT2D eigenvalue weighted by Gasteiger charge is 1.87. The van der Waals surface area contributed by atoms with Gasteiger partial charge in [-0.1, -0.05) is 13.8 Å². The summed E-state index contributed by atoms with van der Waals surface area (Å²) in [5.41, 5.74) is 0. The zero-order valence-corrected chi connectivity index (χ0v) is 7.47. The van der Waals surface area contributed by atoms with Crippen molar-refractivity contribution in [3.05, 3.63) is 6.92 Å². The van der Waals surface area contributed by atoms with Gasteiger partial charge in [-0.15, -0.1) is 0 Å². The molecular weight excluding hydrogens is 140 g/mol. The van der Waals surface area contributed by atoms with Crippen molar-refractivity contribution in [1.82, 2.24) is 0 Å². The Morgan fingerprint density at radius 1 is 1.00 bits per heavy atom. The first kappa shape index (κ1) is 10.9. The first-order chi connectivity index (χ1) is 5.41. The third kappa shape index (κ3) is 9.92. The molecule has 1 radical (unpaired) electrons. The Kier molecular flexibility index (Phi) is 9.85. The summed E-state index contributed by atoms with van der Waals surface area (Å²) < 4.78 is 10.5. The summed E-state index contributed by atoms with van der Waals surface area (Å²) in [6.45, 7) is 9.06. The maximum Gasteiger partial charge on any atom is 0.0487 e. The molecule has 0 spiro atoms. The number of rotatable bonds is 8. The number of hydrogen-bond donors (Lipinski definition) is 0. The molecule has 0 saturated heterocycles. The van der Waals surface area contributed by atoms with E-state index in [-0.39, 0.29) is 0 Å². The maximum atomic E-state index is 5.27. The molecule has 2 heteroatoms. The molecule has 0 unspecified atom stereocenters. The van der Waals surface area contributed by atoms with Crippen molar-refractivity contribution in [3.8, 4) is 0 Å². The Morgan fingerprint density at radius 2 is 1.64 bits per heavy atom. The van der Waals surface area contributed by atoms with Crippen LogP contribution in [-0.4, -0.2) is 26.4 Å². The van der Waals surface area contributed by atoms with E-state index in [0.717, 1.165) is 45.7 Å². The van der Waals surface area contributed by atoms with Crippen LogP contribution in [0.5, 0.6) is 0 Å². The minimum absolute atomic E-state index is 0.772. The van der Waals surface area contributed by atoms with Gasteiger partial charge in [-0.3, -0.25) is 0 Å². The van der Waals surface area contributed by atoms with Crippen LogP contribution >= 0.6 is 0 Å². The van der Waals surface area contributed by atoms with Gasteiger partial charge in [-0.2, -0.15) is 0 Å². The maximum absolute atomic E-state index is 5.27. The van der Waals surface area contributed by atoms with Gasteiger partial charge in [0.2, 0.25) is 0 Å². The summed E-state index contributed by atoms with van der Waals surface area (Å²) >= 11 is 0. The van der Waals surface area contributed by atoms with E-state index in [2.05, 4.69) is 13.8 Å². The number of ether oxygens (including phenoxy) is 2. The molecule has 0 aromatic heterocycles. The average Bonchev–Trinajstić information content (AvgIpc) is 2.03. The fraction of sp³-hybridized carbons (Fsp3) is 0.889. The zero-order valence-electron chi connectivity index (χ0n) is 7.47. The van der Waals surface area contributed by atoms with Crippen molar-refractivity contribution in [1.29, 1.82) is 0 Å². The lowest BCUT2D eigenvalue weighted by molar-refractivity contribution is 0.0847. The lowest BCUT2D eigenvalue weighted by atomic mass is 10.4. The Balaban J connectivity index is 2.69. The Labute approximate surface area is 69.9 Å². The van der Waals surface area contributed by atoms with Gasteiger partial charge < -0.3 is 9.47 Å². The van der Waals surface area contributed by atoms with Crippen molar-refractivity contribution in [3.63, 3.8) is 0 Å². The second-order valence-corrected chi connectivity index (χ2v) is 2.43. The van der Waals surface area contributed by atoms with Crippen LogP contribution in [0.3, 0.4) is 0 Å². The Hall–Kier alpha value is -0.0800. The lowest BCUT2D eigenvalue weighted by Crippen LogP contribution is -2.01. The monoisotopic (exact) mass is 159 g/mol. The minimum atomic E-state index is 0.772. The predicted molar refractivity (Wildman–Crippen MR) is 46.5 cm³/mol. The highest BCUT2D eigenvalue weighted by Crippen LogP contribution is 1.87. The van der Waals surface area contributed by atoms with Crippen LogP contribution in [-0.2, 0) is 9.47 Å². The first-order valence-electron chi connectivity index (χ1n) is 4.36. The van der Waals surface area contributed by atoms with Gasteiger partial charge in [0.05, 0.1) is 0 Å². The van der Waals surface area contributed by atoms with Gasteiger partial charge in [-0.05, 0) is 19.3 Å². The zero-order chi connectivity index (χ0) is 8.36. The molecule has 0 N–H and O–H groups in total. The normalized spacial score (nSPS) is 10.4. The molecule has 0 saturated carbocycles.